The number of hydrogen-bond acceptors (Lipinski definition) is 3. The van der Waals surface area contributed by atoms with Gasteiger partial charge >= 0.3 is 0 Å². The van der Waals surface area contributed by atoms with E-state index in [1.807, 2.05) is 6.07 Å². The average Bonchev–Trinajstić information content (AvgIpc) is 2.86. The Balaban J connectivity index is 1.94. The first-order valence-electron chi connectivity index (χ1n) is 5.90. The topological polar surface area (TPSA) is 46.0 Å². The Morgan fingerprint density at radius 2 is 2.00 bits per heavy atom. The molecule has 0 saturated carbocycles. The van der Waals surface area contributed by atoms with E-state index in [2.05, 4.69) is 22.1 Å². The number of fused-ring (bicyclic) bond motifs is 1. The van der Waals surface area contributed by atoms with Gasteiger partial charge in [-0.25, -0.2) is 0 Å². The summed E-state index contributed by atoms with van der Waals surface area (Å²) in [6.45, 7) is 0. The van der Waals surface area contributed by atoms with Gasteiger partial charge in [0, 0.05) is 12.4 Å². The van der Waals surface area contributed by atoms with Crippen molar-refractivity contribution in [3.63, 3.8) is 0 Å². The number of benzene rings is 1. The molecule has 0 aliphatic heterocycles. The first-order valence-corrected chi connectivity index (χ1v) is 5.90. The molecule has 0 saturated heterocycles. The van der Waals surface area contributed by atoms with Crippen molar-refractivity contribution in [1.29, 1.82) is 0 Å². The van der Waals surface area contributed by atoms with Gasteiger partial charge in [-0.3, -0.25) is 9.97 Å². The summed E-state index contributed by atoms with van der Waals surface area (Å²) >= 11 is 0. The normalized spacial score (nSPS) is 15.6. The van der Waals surface area contributed by atoms with Crippen LogP contribution in [0.15, 0.2) is 36.8 Å². The Hall–Kier alpha value is -1.74. The van der Waals surface area contributed by atoms with Crippen molar-refractivity contribution in [3.05, 3.63) is 59.2 Å². The molecule has 0 fully saturated rings. The standard InChI is InChI=1S/C14H14N2O/c17-14(13-9-15-6-7-16-13)12-5-4-10-2-1-3-11(10)8-12/h4-9,14,17H,1-3H2. The van der Waals surface area contributed by atoms with Crippen LogP contribution in [0.4, 0.5) is 0 Å². The van der Waals surface area contributed by atoms with Crippen LogP contribution in [-0.2, 0) is 12.8 Å². The highest BCUT2D eigenvalue weighted by atomic mass is 16.3. The largest absolute Gasteiger partial charge is 0.382 e. The molecule has 1 aliphatic rings. The highest BCUT2D eigenvalue weighted by Crippen LogP contribution is 2.27. The fourth-order valence-electron chi connectivity index (χ4n) is 2.38. The molecule has 1 N–H and O–H groups in total. The SMILES string of the molecule is OC(c1ccc2c(c1)CCC2)c1cnccn1. The predicted molar refractivity (Wildman–Crippen MR) is 64.6 cm³/mol. The molecule has 2 aromatic rings. The number of aromatic nitrogens is 2. The summed E-state index contributed by atoms with van der Waals surface area (Å²) in [5.74, 6) is 0. The van der Waals surface area contributed by atoms with Crippen LogP contribution >= 0.6 is 0 Å². The maximum Gasteiger partial charge on any atom is 0.123 e. The van der Waals surface area contributed by atoms with Crippen LogP contribution in [0.25, 0.3) is 0 Å². The minimum atomic E-state index is -0.672. The summed E-state index contributed by atoms with van der Waals surface area (Å²) in [4.78, 5) is 8.12. The highest BCUT2D eigenvalue weighted by molar-refractivity contribution is 5.37. The molecule has 0 radical (unpaired) electrons. The van der Waals surface area contributed by atoms with Crippen LogP contribution in [-0.4, -0.2) is 15.1 Å². The molecule has 0 bridgehead atoms. The van der Waals surface area contributed by atoms with E-state index in [1.165, 1.54) is 17.5 Å². The summed E-state index contributed by atoms with van der Waals surface area (Å²) in [6, 6.07) is 6.21. The van der Waals surface area contributed by atoms with Gasteiger partial charge in [-0.15, -0.1) is 0 Å². The lowest BCUT2D eigenvalue weighted by molar-refractivity contribution is 0.214. The van der Waals surface area contributed by atoms with E-state index in [9.17, 15) is 5.11 Å². The van der Waals surface area contributed by atoms with Crippen LogP contribution in [0.1, 0.15) is 34.9 Å². The molecule has 0 spiro atoms. The van der Waals surface area contributed by atoms with Gasteiger partial charge in [-0.2, -0.15) is 0 Å². The number of aliphatic hydroxyl groups excluding tert-OH is 1. The molecule has 1 atom stereocenters. The first kappa shape index (κ1) is 10.4. The third-order valence-electron chi connectivity index (χ3n) is 3.30. The highest BCUT2D eigenvalue weighted by Gasteiger charge is 2.16. The minimum absolute atomic E-state index is 0.602. The van der Waals surface area contributed by atoms with Crippen molar-refractivity contribution >= 4 is 0 Å². The second kappa shape index (κ2) is 4.26. The molecule has 1 heterocycles. The summed E-state index contributed by atoms with van der Waals surface area (Å²) in [5, 5.41) is 10.2. The molecule has 1 aliphatic carbocycles. The van der Waals surface area contributed by atoms with Crippen LogP contribution in [0.3, 0.4) is 0 Å². The van der Waals surface area contributed by atoms with E-state index < -0.39 is 6.10 Å². The van der Waals surface area contributed by atoms with Gasteiger partial charge in [0.05, 0.1) is 11.9 Å². The van der Waals surface area contributed by atoms with E-state index >= 15 is 0 Å². The van der Waals surface area contributed by atoms with Crippen LogP contribution < -0.4 is 0 Å². The van der Waals surface area contributed by atoms with Gasteiger partial charge in [0.25, 0.3) is 0 Å². The Morgan fingerprint density at radius 1 is 1.12 bits per heavy atom. The van der Waals surface area contributed by atoms with Gasteiger partial charge in [0.15, 0.2) is 0 Å². The van der Waals surface area contributed by atoms with Crippen molar-refractivity contribution in [2.45, 2.75) is 25.4 Å². The van der Waals surface area contributed by atoms with Gasteiger partial charge < -0.3 is 5.11 Å². The molecule has 17 heavy (non-hydrogen) atoms. The van der Waals surface area contributed by atoms with Crippen LogP contribution in [0, 0.1) is 0 Å². The van der Waals surface area contributed by atoms with Crippen LogP contribution in [0.5, 0.6) is 0 Å². The third kappa shape index (κ3) is 1.94. The zero-order valence-corrected chi connectivity index (χ0v) is 9.50. The predicted octanol–water partition coefficient (Wildman–Crippen LogP) is 2.05. The third-order valence-corrected chi connectivity index (χ3v) is 3.30. The molecule has 1 aromatic heterocycles. The Kier molecular flexibility index (Phi) is 2.61. The lowest BCUT2D eigenvalue weighted by Gasteiger charge is -2.11. The molecule has 0 amide bonds. The van der Waals surface area contributed by atoms with E-state index in [0.717, 1.165) is 18.4 Å². The quantitative estimate of drug-likeness (QED) is 0.852. The van der Waals surface area contributed by atoms with Crippen molar-refractivity contribution in [3.8, 4) is 0 Å². The summed E-state index contributed by atoms with van der Waals surface area (Å²) in [6.07, 6.45) is 7.66. The Morgan fingerprint density at radius 3 is 2.82 bits per heavy atom. The molecule has 3 heteroatoms. The zero-order valence-electron chi connectivity index (χ0n) is 9.50. The van der Waals surface area contributed by atoms with Gasteiger partial charge in [0.1, 0.15) is 6.10 Å². The van der Waals surface area contributed by atoms with Crippen molar-refractivity contribution in [2.24, 2.45) is 0 Å². The van der Waals surface area contributed by atoms with Crippen molar-refractivity contribution in [2.75, 3.05) is 0 Å². The minimum Gasteiger partial charge on any atom is -0.382 e. The number of rotatable bonds is 2. The molecule has 3 rings (SSSR count). The fraction of sp³-hybridized carbons (Fsp3) is 0.286. The second-order valence-corrected chi connectivity index (χ2v) is 4.41. The van der Waals surface area contributed by atoms with Gasteiger partial charge in [-0.05, 0) is 36.0 Å². The zero-order chi connectivity index (χ0) is 11.7. The van der Waals surface area contributed by atoms with Crippen molar-refractivity contribution < 1.29 is 5.11 Å². The monoisotopic (exact) mass is 226 g/mol. The maximum atomic E-state index is 10.2. The van der Waals surface area contributed by atoms with E-state index in [0.29, 0.717) is 5.69 Å². The lowest BCUT2D eigenvalue weighted by atomic mass is 10.0. The molecule has 1 unspecified atom stereocenters. The van der Waals surface area contributed by atoms with E-state index in [-0.39, 0.29) is 0 Å². The molecule has 1 aromatic carbocycles. The van der Waals surface area contributed by atoms with E-state index in [4.69, 9.17) is 0 Å². The summed E-state index contributed by atoms with van der Waals surface area (Å²) < 4.78 is 0. The van der Waals surface area contributed by atoms with Crippen molar-refractivity contribution in [1.82, 2.24) is 9.97 Å². The first-order chi connectivity index (χ1) is 8.34. The number of aryl methyl sites for hydroxylation is 2. The molecule has 86 valence electrons. The van der Waals surface area contributed by atoms with Crippen LogP contribution in [0.2, 0.25) is 0 Å². The van der Waals surface area contributed by atoms with Gasteiger partial charge in [-0.1, -0.05) is 18.2 Å². The second-order valence-electron chi connectivity index (χ2n) is 4.41. The lowest BCUT2D eigenvalue weighted by Crippen LogP contribution is -2.03. The smallest absolute Gasteiger partial charge is 0.123 e. The average molecular weight is 226 g/mol. The Labute approximate surface area is 100 Å². The summed E-state index contributed by atoms with van der Waals surface area (Å²) in [7, 11) is 0. The number of nitrogens with zero attached hydrogens (tertiary/aromatic N) is 2. The molecular formula is C14H14N2O. The fourth-order valence-corrected chi connectivity index (χ4v) is 2.38. The maximum absolute atomic E-state index is 10.2. The van der Waals surface area contributed by atoms with Gasteiger partial charge in [0.2, 0.25) is 0 Å². The molecule has 3 nitrogen and oxygen atoms in total. The molecular weight excluding hydrogens is 212 g/mol. The number of hydrogen-bond donors (Lipinski definition) is 1. The van der Waals surface area contributed by atoms with E-state index in [1.54, 1.807) is 18.6 Å². The summed E-state index contributed by atoms with van der Waals surface area (Å²) in [5.41, 5.74) is 4.29. The number of aliphatic hydroxyl groups is 1. The Bertz CT molecular complexity index is 525.